The van der Waals surface area contributed by atoms with Gasteiger partial charge in [-0.1, -0.05) is 127 Å². The Hall–Kier alpha value is -6.65. The highest BCUT2D eigenvalue weighted by molar-refractivity contribution is 6.18. The second-order valence-corrected chi connectivity index (χ2v) is 13.7. The van der Waals surface area contributed by atoms with Crippen molar-refractivity contribution in [1.82, 2.24) is 15.4 Å². The molecule has 9 aromatic rings. The average Bonchev–Trinajstić information content (AvgIpc) is 3.77. The minimum atomic E-state index is 0.770. The lowest BCUT2D eigenvalue weighted by Crippen LogP contribution is -2.03. The van der Waals surface area contributed by atoms with Gasteiger partial charge in [0.2, 0.25) is 0 Å². The lowest BCUT2D eigenvalue weighted by molar-refractivity contribution is 0.669. The summed E-state index contributed by atoms with van der Waals surface area (Å²) in [5.74, 6) is 0. The molecule has 0 radical (unpaired) electrons. The molecule has 246 valence electrons. The number of nitrogens with zero attached hydrogens (tertiary/aromatic N) is 3. The predicted octanol–water partition coefficient (Wildman–Crippen LogP) is 12.3. The molecule has 2 aromatic heterocycles. The van der Waals surface area contributed by atoms with Gasteiger partial charge in [-0.2, -0.15) is 0 Å². The van der Waals surface area contributed by atoms with Crippen LogP contribution in [-0.4, -0.2) is 15.4 Å². The first-order chi connectivity index (χ1) is 25.7. The SMILES string of the molecule is Cc1cc2c(c(-c3c(-c4ccccc4)ccc(-c4c(-c5ccccc5)ccc5oc6ccccc6c45)c3-c3ccnnn3)c1C)Cc1ccccc1-2. The molecule has 7 aromatic carbocycles. The number of aromatic nitrogens is 3. The fourth-order valence-corrected chi connectivity index (χ4v) is 8.38. The normalized spacial score (nSPS) is 12.0. The molecule has 0 aliphatic heterocycles. The zero-order valence-corrected chi connectivity index (χ0v) is 28.9. The molecule has 4 heteroatoms. The molecule has 10 rings (SSSR count). The van der Waals surface area contributed by atoms with Crippen molar-refractivity contribution in [2.24, 2.45) is 0 Å². The van der Waals surface area contributed by atoms with Gasteiger partial charge in [0.1, 0.15) is 11.2 Å². The first-order valence-electron chi connectivity index (χ1n) is 17.7. The highest BCUT2D eigenvalue weighted by Crippen LogP contribution is 2.53. The van der Waals surface area contributed by atoms with Crippen molar-refractivity contribution in [3.8, 4) is 66.9 Å². The maximum atomic E-state index is 6.55. The number of hydrogen-bond acceptors (Lipinski definition) is 4. The number of rotatable bonds is 5. The zero-order chi connectivity index (χ0) is 34.8. The summed E-state index contributed by atoms with van der Waals surface area (Å²) < 4.78 is 6.55. The third-order valence-electron chi connectivity index (χ3n) is 10.8. The highest BCUT2D eigenvalue weighted by Gasteiger charge is 2.30. The molecule has 0 fully saturated rings. The van der Waals surface area contributed by atoms with Crippen molar-refractivity contribution in [3.05, 3.63) is 174 Å². The summed E-state index contributed by atoms with van der Waals surface area (Å²) in [6, 6.07) is 51.9. The maximum absolute atomic E-state index is 6.55. The molecule has 1 aliphatic carbocycles. The molecular weight excluding hydrogens is 635 g/mol. The summed E-state index contributed by atoms with van der Waals surface area (Å²) in [7, 11) is 0. The standard InChI is InChI=1S/C48H33N3O/c1-29-27-39-34-18-10-9-17-33(34)28-40(39)44(30(29)2)48-36(32-15-7-4-8-16-32)21-22-38(46(48)41-25-26-49-51-50-41)45-35(31-13-5-3-6-14-31)23-24-43-47(45)37-19-11-12-20-42(37)52-43/h3-27H,28H2,1-2H3. The van der Waals surface area contributed by atoms with E-state index >= 15 is 0 Å². The number of para-hydroxylation sites is 1. The summed E-state index contributed by atoms with van der Waals surface area (Å²) in [6.45, 7) is 4.51. The molecular formula is C48H33N3O. The van der Waals surface area contributed by atoms with E-state index in [-0.39, 0.29) is 0 Å². The van der Waals surface area contributed by atoms with Crippen LogP contribution >= 0.6 is 0 Å². The number of furan rings is 1. The fraction of sp³-hybridized carbons (Fsp3) is 0.0625. The van der Waals surface area contributed by atoms with Gasteiger partial charge in [-0.3, -0.25) is 0 Å². The van der Waals surface area contributed by atoms with E-state index in [2.05, 4.69) is 158 Å². The topological polar surface area (TPSA) is 51.8 Å². The van der Waals surface area contributed by atoms with E-state index in [9.17, 15) is 0 Å². The van der Waals surface area contributed by atoms with Gasteiger partial charge in [0.25, 0.3) is 0 Å². The Kier molecular flexibility index (Phi) is 6.97. The van der Waals surface area contributed by atoms with Crippen LogP contribution in [0.1, 0.15) is 22.3 Å². The molecule has 0 bridgehead atoms. The van der Waals surface area contributed by atoms with E-state index in [1.165, 1.54) is 38.9 Å². The van der Waals surface area contributed by atoms with Gasteiger partial charge >= 0.3 is 0 Å². The molecule has 4 nitrogen and oxygen atoms in total. The Morgan fingerprint density at radius 2 is 1.19 bits per heavy atom. The van der Waals surface area contributed by atoms with Gasteiger partial charge < -0.3 is 4.42 Å². The molecule has 1 aliphatic rings. The zero-order valence-electron chi connectivity index (χ0n) is 28.9. The summed E-state index contributed by atoms with van der Waals surface area (Å²) in [5, 5.41) is 15.3. The average molecular weight is 668 g/mol. The summed E-state index contributed by atoms with van der Waals surface area (Å²) in [6.07, 6.45) is 2.61. The largest absolute Gasteiger partial charge is 0.456 e. The second kappa shape index (κ2) is 12.0. The summed E-state index contributed by atoms with van der Waals surface area (Å²) >= 11 is 0. The Balaban J connectivity index is 1.42. The van der Waals surface area contributed by atoms with Crippen LogP contribution in [-0.2, 0) is 6.42 Å². The number of hydrogen-bond donors (Lipinski definition) is 0. The van der Waals surface area contributed by atoms with Gasteiger partial charge in [-0.25, -0.2) is 0 Å². The number of benzene rings is 7. The van der Waals surface area contributed by atoms with Crippen LogP contribution in [0.5, 0.6) is 0 Å². The maximum Gasteiger partial charge on any atom is 0.136 e. The minimum Gasteiger partial charge on any atom is -0.456 e. The third-order valence-corrected chi connectivity index (χ3v) is 10.8. The molecule has 0 N–H and O–H groups in total. The molecule has 0 saturated heterocycles. The molecule has 0 atom stereocenters. The Morgan fingerprint density at radius 3 is 1.96 bits per heavy atom. The van der Waals surface area contributed by atoms with Crippen LogP contribution in [0.2, 0.25) is 0 Å². The van der Waals surface area contributed by atoms with Gasteiger partial charge in [-0.05, 0) is 110 Å². The highest BCUT2D eigenvalue weighted by atomic mass is 16.3. The van der Waals surface area contributed by atoms with Crippen molar-refractivity contribution in [1.29, 1.82) is 0 Å². The van der Waals surface area contributed by atoms with Crippen LogP contribution in [0.15, 0.2) is 156 Å². The summed E-state index contributed by atoms with van der Waals surface area (Å²) in [4.78, 5) is 0. The van der Waals surface area contributed by atoms with Crippen LogP contribution in [0, 0.1) is 13.8 Å². The van der Waals surface area contributed by atoms with Gasteiger partial charge in [0, 0.05) is 27.5 Å². The van der Waals surface area contributed by atoms with Gasteiger partial charge in [-0.15, -0.1) is 10.2 Å². The molecule has 52 heavy (non-hydrogen) atoms. The van der Waals surface area contributed by atoms with Crippen molar-refractivity contribution in [2.45, 2.75) is 20.3 Å². The van der Waals surface area contributed by atoms with E-state index in [4.69, 9.17) is 9.52 Å². The lowest BCUT2D eigenvalue weighted by atomic mass is 9.78. The van der Waals surface area contributed by atoms with Crippen molar-refractivity contribution < 1.29 is 4.42 Å². The van der Waals surface area contributed by atoms with E-state index < -0.39 is 0 Å². The molecule has 0 amide bonds. The number of fused-ring (bicyclic) bond motifs is 6. The monoisotopic (exact) mass is 667 g/mol. The van der Waals surface area contributed by atoms with Crippen LogP contribution < -0.4 is 0 Å². The van der Waals surface area contributed by atoms with Crippen molar-refractivity contribution in [3.63, 3.8) is 0 Å². The van der Waals surface area contributed by atoms with E-state index in [1.807, 2.05) is 12.1 Å². The Morgan fingerprint density at radius 1 is 0.519 bits per heavy atom. The van der Waals surface area contributed by atoms with E-state index in [0.717, 1.165) is 78.6 Å². The third kappa shape index (κ3) is 4.65. The van der Waals surface area contributed by atoms with Crippen molar-refractivity contribution in [2.75, 3.05) is 0 Å². The lowest BCUT2D eigenvalue weighted by Gasteiger charge is -2.25. The first-order valence-corrected chi connectivity index (χ1v) is 17.7. The molecule has 0 spiro atoms. The van der Waals surface area contributed by atoms with Crippen LogP contribution in [0.4, 0.5) is 0 Å². The van der Waals surface area contributed by atoms with Crippen LogP contribution in [0.25, 0.3) is 88.8 Å². The Bertz CT molecular complexity index is 2820. The summed E-state index contributed by atoms with van der Waals surface area (Å²) in [5.41, 5.74) is 20.5. The Labute approximate surface area is 302 Å². The van der Waals surface area contributed by atoms with E-state index in [1.54, 1.807) is 6.20 Å². The van der Waals surface area contributed by atoms with Gasteiger partial charge in [0.05, 0.1) is 11.9 Å². The van der Waals surface area contributed by atoms with Gasteiger partial charge in [0.15, 0.2) is 0 Å². The molecule has 0 saturated carbocycles. The second-order valence-electron chi connectivity index (χ2n) is 13.7. The predicted molar refractivity (Wildman–Crippen MR) is 212 cm³/mol. The quantitative estimate of drug-likeness (QED) is 0.183. The molecule has 0 unspecified atom stereocenters. The van der Waals surface area contributed by atoms with Crippen molar-refractivity contribution >= 4 is 21.9 Å². The number of aryl methyl sites for hydroxylation is 1. The minimum absolute atomic E-state index is 0.770. The van der Waals surface area contributed by atoms with E-state index in [0.29, 0.717) is 0 Å². The first kappa shape index (κ1) is 30.2. The van der Waals surface area contributed by atoms with Crippen LogP contribution in [0.3, 0.4) is 0 Å². The fourth-order valence-electron chi connectivity index (χ4n) is 8.38. The molecule has 2 heterocycles. The smallest absolute Gasteiger partial charge is 0.136 e.